The van der Waals surface area contributed by atoms with E-state index in [2.05, 4.69) is 33.2 Å². The number of fused-ring (bicyclic) bond motifs is 1. The van der Waals surface area contributed by atoms with Gasteiger partial charge in [-0.25, -0.2) is 9.97 Å². The summed E-state index contributed by atoms with van der Waals surface area (Å²) in [5.74, 6) is 2.84. The average molecular weight is 555 g/mol. The minimum absolute atomic E-state index is 0. The van der Waals surface area contributed by atoms with E-state index in [0.29, 0.717) is 18.0 Å². The summed E-state index contributed by atoms with van der Waals surface area (Å²) in [5, 5.41) is 7.01. The second-order valence-electron chi connectivity index (χ2n) is 8.18. The highest BCUT2D eigenvalue weighted by Crippen LogP contribution is 2.34. The van der Waals surface area contributed by atoms with Crippen LogP contribution in [0.1, 0.15) is 5.82 Å². The fraction of sp³-hybridized carbons (Fsp3) is 0.231. The maximum atomic E-state index is 5.50. The number of benzene rings is 1. The predicted molar refractivity (Wildman–Crippen MR) is 156 cm³/mol. The Hall–Kier alpha value is -4.17. The lowest BCUT2D eigenvalue weighted by atomic mass is 10.1. The number of hydrogen-bond acceptors (Lipinski definition) is 9. The zero-order chi connectivity index (χ0) is 26.4. The van der Waals surface area contributed by atoms with Crippen LogP contribution in [-0.2, 0) is 13.6 Å². The molecule has 0 unspecified atom stereocenters. The number of aryl methyl sites for hydroxylation is 1. The predicted octanol–water partition coefficient (Wildman–Crippen LogP) is 2.46. The van der Waals surface area contributed by atoms with Gasteiger partial charge in [0.25, 0.3) is 0 Å². The highest BCUT2D eigenvalue weighted by Gasteiger charge is 2.17. The topological polar surface area (TPSA) is 158 Å². The molecule has 39 heavy (non-hydrogen) atoms. The number of methoxy groups -OCH3 is 2. The van der Waals surface area contributed by atoms with Gasteiger partial charge in [0.15, 0.2) is 0 Å². The van der Waals surface area contributed by atoms with Crippen molar-refractivity contribution in [3.8, 4) is 22.6 Å². The molecule has 12 nitrogen and oxygen atoms in total. The number of ether oxygens (including phenoxy) is 2. The first kappa shape index (κ1) is 31.1. The van der Waals surface area contributed by atoms with Crippen LogP contribution in [0.4, 0.5) is 11.5 Å². The summed E-state index contributed by atoms with van der Waals surface area (Å²) in [6.45, 7) is 0.432. The molecule has 5 N–H and O–H groups in total. The first-order valence-electron chi connectivity index (χ1n) is 11.5. The Bertz CT molecular complexity index is 1470. The molecule has 0 aliphatic carbocycles. The number of anilines is 2. The van der Waals surface area contributed by atoms with Gasteiger partial charge in [-0.15, -0.1) is 0 Å². The van der Waals surface area contributed by atoms with E-state index in [1.807, 2.05) is 81.0 Å². The number of pyridine rings is 2. The Labute approximate surface area is 232 Å². The Balaban J connectivity index is 0.00000102. The number of rotatable bonds is 7. The molecule has 0 fully saturated rings. The van der Waals surface area contributed by atoms with Crippen molar-refractivity contribution < 1.29 is 20.4 Å². The Morgan fingerprint density at radius 2 is 1.62 bits per heavy atom. The smallest absolute Gasteiger partial charge is 0.138 e. The van der Waals surface area contributed by atoms with Crippen molar-refractivity contribution in [2.24, 2.45) is 7.05 Å². The third-order valence-corrected chi connectivity index (χ3v) is 5.84. The molecule has 5 aromatic rings. The monoisotopic (exact) mass is 554 g/mol. The van der Waals surface area contributed by atoms with Crippen molar-refractivity contribution in [2.75, 3.05) is 33.2 Å². The molecular weight excluding hydrogens is 520 g/mol. The minimum Gasteiger partial charge on any atom is -0.497 e. The Kier molecular flexibility index (Phi) is 11.2. The maximum absolute atomic E-state index is 5.50. The summed E-state index contributed by atoms with van der Waals surface area (Å²) in [4.78, 5) is 16.0. The molecule has 0 atom stereocenters. The lowest BCUT2D eigenvalue weighted by Crippen LogP contribution is -2.19. The Morgan fingerprint density at radius 3 is 2.18 bits per heavy atom. The van der Waals surface area contributed by atoms with E-state index in [9.17, 15) is 0 Å². The second-order valence-corrected chi connectivity index (χ2v) is 8.61. The van der Waals surface area contributed by atoms with Crippen LogP contribution < -0.4 is 19.7 Å². The lowest BCUT2D eigenvalue weighted by Gasteiger charge is -2.25. The van der Waals surface area contributed by atoms with Gasteiger partial charge in [-0.3, -0.25) is 13.6 Å². The fourth-order valence-corrected chi connectivity index (χ4v) is 3.88. The number of nitrogens with zero attached hydrogens (tertiary/aromatic N) is 7. The molecular formula is C26H34N8O4S. The lowest BCUT2D eigenvalue weighted by molar-refractivity contribution is 0.394. The van der Waals surface area contributed by atoms with E-state index < -0.39 is 0 Å². The van der Waals surface area contributed by atoms with Crippen molar-refractivity contribution in [3.05, 3.63) is 73.2 Å². The first-order chi connectivity index (χ1) is 17.9. The zero-order valence-electron chi connectivity index (χ0n) is 22.5. The standard InChI is InChI=1S/C24H23N7O2S.C2H7N.2H2O/c1-29-14-17(13-27-29)16-8-22-21(26-12-16)4-5-23(28-22)30(15-24-25-6-7-31(24)34)18-9-19(32-2)11-20(10-18)33-3;1-3-2;;/h4-14,34H,15H2,1-3H3;3H,1-2H3;2*1H2. The van der Waals surface area contributed by atoms with Gasteiger partial charge in [-0.05, 0) is 32.3 Å². The molecule has 13 heteroatoms. The third-order valence-electron chi connectivity index (χ3n) is 5.48. The van der Waals surface area contributed by atoms with Crippen LogP contribution in [0.25, 0.3) is 22.2 Å². The number of imidazole rings is 1. The van der Waals surface area contributed by atoms with Crippen molar-refractivity contribution in [1.82, 2.24) is 34.0 Å². The van der Waals surface area contributed by atoms with Gasteiger partial charge in [-0.2, -0.15) is 5.10 Å². The normalized spacial score (nSPS) is 10.1. The molecule has 0 saturated carbocycles. The summed E-state index contributed by atoms with van der Waals surface area (Å²) < 4.78 is 14.4. The highest BCUT2D eigenvalue weighted by molar-refractivity contribution is 7.78. The highest BCUT2D eigenvalue weighted by atomic mass is 32.1. The van der Waals surface area contributed by atoms with E-state index in [1.165, 1.54) is 0 Å². The number of hydrogen-bond donors (Lipinski definition) is 2. The van der Waals surface area contributed by atoms with Gasteiger partial charge in [0.05, 0.1) is 43.7 Å². The molecule has 0 saturated heterocycles. The van der Waals surface area contributed by atoms with Gasteiger partial charge in [0.2, 0.25) is 0 Å². The van der Waals surface area contributed by atoms with Gasteiger partial charge in [-0.1, -0.05) is 12.8 Å². The number of thiol groups is 1. The summed E-state index contributed by atoms with van der Waals surface area (Å²) >= 11 is 4.48. The summed E-state index contributed by atoms with van der Waals surface area (Å²) in [6.07, 6.45) is 9.11. The van der Waals surface area contributed by atoms with Crippen LogP contribution >= 0.6 is 12.8 Å². The van der Waals surface area contributed by atoms with Crippen molar-refractivity contribution >= 4 is 35.4 Å². The van der Waals surface area contributed by atoms with E-state index in [-0.39, 0.29) is 11.0 Å². The molecule has 0 bridgehead atoms. The fourth-order valence-electron chi connectivity index (χ4n) is 3.71. The van der Waals surface area contributed by atoms with E-state index in [0.717, 1.165) is 39.5 Å². The molecule has 4 heterocycles. The van der Waals surface area contributed by atoms with E-state index in [1.54, 1.807) is 35.3 Å². The van der Waals surface area contributed by atoms with E-state index in [4.69, 9.17) is 14.5 Å². The second kappa shape index (κ2) is 14.1. The molecule has 0 aliphatic heterocycles. The van der Waals surface area contributed by atoms with Crippen molar-refractivity contribution in [1.29, 1.82) is 0 Å². The van der Waals surface area contributed by atoms with Crippen LogP contribution in [0.15, 0.2) is 67.4 Å². The van der Waals surface area contributed by atoms with Gasteiger partial charge >= 0.3 is 0 Å². The molecule has 208 valence electrons. The number of aromatic nitrogens is 6. The summed E-state index contributed by atoms with van der Waals surface area (Å²) in [7, 11) is 8.90. The maximum Gasteiger partial charge on any atom is 0.138 e. The number of nitrogens with one attached hydrogen (secondary N) is 1. The first-order valence-corrected chi connectivity index (χ1v) is 11.9. The van der Waals surface area contributed by atoms with Crippen molar-refractivity contribution in [2.45, 2.75) is 6.54 Å². The largest absolute Gasteiger partial charge is 0.497 e. The Morgan fingerprint density at radius 1 is 0.923 bits per heavy atom. The molecule has 4 aromatic heterocycles. The van der Waals surface area contributed by atoms with Crippen LogP contribution in [0.3, 0.4) is 0 Å². The van der Waals surface area contributed by atoms with Crippen molar-refractivity contribution in [3.63, 3.8) is 0 Å². The molecule has 0 spiro atoms. The molecule has 0 amide bonds. The summed E-state index contributed by atoms with van der Waals surface area (Å²) in [5.41, 5.74) is 4.35. The molecule has 0 radical (unpaired) electrons. The van der Waals surface area contributed by atoms with Crippen LogP contribution in [0.2, 0.25) is 0 Å². The van der Waals surface area contributed by atoms with Crippen LogP contribution in [0, 0.1) is 0 Å². The van der Waals surface area contributed by atoms with Crippen LogP contribution in [0.5, 0.6) is 11.5 Å². The van der Waals surface area contributed by atoms with Gasteiger partial charge < -0.3 is 30.6 Å². The average Bonchev–Trinajstić information content (AvgIpc) is 3.54. The molecule has 0 aliphatic rings. The molecule has 5 rings (SSSR count). The van der Waals surface area contributed by atoms with Gasteiger partial charge in [0, 0.05) is 61.2 Å². The third kappa shape index (κ3) is 7.23. The minimum atomic E-state index is 0. The SMILES string of the molecule is CNC.COc1cc(OC)cc(N(Cc2nccn2S)c2ccc3ncc(-c4cnn(C)c4)cc3n2)c1.O.O. The summed E-state index contributed by atoms with van der Waals surface area (Å²) in [6, 6.07) is 11.6. The van der Waals surface area contributed by atoms with E-state index >= 15 is 0 Å². The van der Waals surface area contributed by atoms with Gasteiger partial charge in [0.1, 0.15) is 23.1 Å². The quantitative estimate of drug-likeness (QED) is 0.290. The van der Waals surface area contributed by atoms with Crippen LogP contribution in [-0.4, -0.2) is 68.0 Å². The zero-order valence-corrected chi connectivity index (χ0v) is 23.3. The molecule has 1 aromatic carbocycles.